The van der Waals surface area contributed by atoms with E-state index in [0.717, 1.165) is 30.4 Å². The summed E-state index contributed by atoms with van der Waals surface area (Å²) >= 11 is 0. The predicted molar refractivity (Wildman–Crippen MR) is 73.4 cm³/mol. The third kappa shape index (κ3) is 3.22. The maximum absolute atomic E-state index is 11.9. The van der Waals surface area contributed by atoms with Crippen LogP contribution in [0.2, 0.25) is 0 Å². The Morgan fingerprint density at radius 3 is 2.53 bits per heavy atom. The summed E-state index contributed by atoms with van der Waals surface area (Å²) in [4.78, 5) is 23.7. The Balaban J connectivity index is 2.24. The van der Waals surface area contributed by atoms with Crippen molar-refractivity contribution < 1.29 is 14.3 Å². The summed E-state index contributed by atoms with van der Waals surface area (Å²) in [6.45, 7) is 5.47. The van der Waals surface area contributed by atoms with Crippen LogP contribution in [0.25, 0.3) is 0 Å². The molecule has 0 saturated heterocycles. The summed E-state index contributed by atoms with van der Waals surface area (Å²) in [5.41, 5.74) is 1.26. The molecule has 0 spiro atoms. The van der Waals surface area contributed by atoms with Gasteiger partial charge in [0.2, 0.25) is 0 Å². The van der Waals surface area contributed by atoms with Crippen molar-refractivity contribution in [1.29, 1.82) is 0 Å². The smallest absolute Gasteiger partial charge is 0.316 e. The van der Waals surface area contributed by atoms with Crippen LogP contribution in [0.15, 0.2) is 18.2 Å². The second kappa shape index (κ2) is 5.16. The number of hydrogen-bond acceptors (Lipinski definition) is 3. The molecule has 0 bridgehead atoms. The lowest BCUT2D eigenvalue weighted by molar-refractivity contribution is -0.142. The van der Waals surface area contributed by atoms with Gasteiger partial charge in [0.1, 0.15) is 5.75 Å². The van der Waals surface area contributed by atoms with Crippen molar-refractivity contribution in [3.8, 4) is 5.75 Å². The fourth-order valence-electron chi connectivity index (χ4n) is 2.11. The van der Waals surface area contributed by atoms with Crippen molar-refractivity contribution in [1.82, 2.24) is 0 Å². The van der Waals surface area contributed by atoms with Gasteiger partial charge in [0.15, 0.2) is 5.78 Å². The van der Waals surface area contributed by atoms with E-state index in [2.05, 4.69) is 0 Å². The molecule has 0 amide bonds. The van der Waals surface area contributed by atoms with E-state index in [4.69, 9.17) is 4.74 Å². The molecule has 0 saturated carbocycles. The Hall–Kier alpha value is -1.64. The minimum atomic E-state index is -0.525. The van der Waals surface area contributed by atoms with Crippen LogP contribution in [0.5, 0.6) is 5.75 Å². The van der Waals surface area contributed by atoms with Crippen molar-refractivity contribution in [3.63, 3.8) is 0 Å². The Kier molecular flexibility index (Phi) is 3.74. The van der Waals surface area contributed by atoms with E-state index < -0.39 is 5.41 Å². The number of benzene rings is 1. The van der Waals surface area contributed by atoms with Crippen molar-refractivity contribution in [2.24, 2.45) is 5.41 Å². The SMILES string of the molecule is CC(C)(C)C(=O)Oc1ccc2c(c1)CCCCC2=O. The van der Waals surface area contributed by atoms with Gasteiger partial charge in [-0.1, -0.05) is 0 Å². The number of carbonyl (C=O) groups is 2. The van der Waals surface area contributed by atoms with E-state index in [9.17, 15) is 9.59 Å². The zero-order valence-corrected chi connectivity index (χ0v) is 11.8. The second-order valence-corrected chi connectivity index (χ2v) is 6.09. The van der Waals surface area contributed by atoms with E-state index in [1.54, 1.807) is 12.1 Å². The number of rotatable bonds is 1. The van der Waals surface area contributed by atoms with Gasteiger partial charge < -0.3 is 4.74 Å². The van der Waals surface area contributed by atoms with Crippen molar-refractivity contribution in [3.05, 3.63) is 29.3 Å². The van der Waals surface area contributed by atoms with Gasteiger partial charge in [0.25, 0.3) is 0 Å². The first kappa shape index (κ1) is 13.8. The highest BCUT2D eigenvalue weighted by Gasteiger charge is 2.24. The topological polar surface area (TPSA) is 43.4 Å². The number of esters is 1. The molecular formula is C16H20O3. The lowest BCUT2D eigenvalue weighted by Gasteiger charge is -2.17. The predicted octanol–water partition coefficient (Wildman–Crippen LogP) is 3.55. The number of hydrogen-bond donors (Lipinski definition) is 0. The van der Waals surface area contributed by atoms with Crippen LogP contribution in [0, 0.1) is 5.41 Å². The number of ether oxygens (including phenoxy) is 1. The first-order valence-electron chi connectivity index (χ1n) is 6.76. The summed E-state index contributed by atoms with van der Waals surface area (Å²) in [6, 6.07) is 5.34. The van der Waals surface area contributed by atoms with Crippen molar-refractivity contribution >= 4 is 11.8 Å². The number of aryl methyl sites for hydroxylation is 1. The maximum Gasteiger partial charge on any atom is 0.316 e. The van der Waals surface area contributed by atoms with Crippen molar-refractivity contribution in [2.75, 3.05) is 0 Å². The number of Topliss-reactive ketones (excluding diaryl/α,β-unsaturated/α-hetero) is 1. The monoisotopic (exact) mass is 260 g/mol. The summed E-state index contributed by atoms with van der Waals surface area (Å²) < 4.78 is 5.37. The maximum atomic E-state index is 11.9. The van der Waals surface area contributed by atoms with Crippen LogP contribution in [-0.4, -0.2) is 11.8 Å². The van der Waals surface area contributed by atoms with Gasteiger partial charge >= 0.3 is 5.97 Å². The minimum Gasteiger partial charge on any atom is -0.426 e. The van der Waals surface area contributed by atoms with Crippen LogP contribution >= 0.6 is 0 Å². The normalized spacial score (nSPS) is 15.6. The zero-order chi connectivity index (χ0) is 14.0. The molecule has 0 radical (unpaired) electrons. The van der Waals surface area contributed by atoms with Gasteiger partial charge in [0.05, 0.1) is 5.41 Å². The third-order valence-corrected chi connectivity index (χ3v) is 3.30. The van der Waals surface area contributed by atoms with E-state index >= 15 is 0 Å². The Bertz CT molecular complexity index is 509. The standard InChI is InChI=1S/C16H20O3/c1-16(2,3)15(18)19-12-8-9-13-11(10-12)6-4-5-7-14(13)17/h8-10H,4-7H2,1-3H3. The molecule has 2 rings (SSSR count). The lowest BCUT2D eigenvalue weighted by Crippen LogP contribution is -2.25. The first-order valence-corrected chi connectivity index (χ1v) is 6.76. The van der Waals surface area contributed by atoms with Crippen LogP contribution in [0.3, 0.4) is 0 Å². The van der Waals surface area contributed by atoms with E-state index in [1.165, 1.54) is 0 Å². The first-order chi connectivity index (χ1) is 8.88. The highest BCUT2D eigenvalue weighted by Crippen LogP contribution is 2.26. The zero-order valence-electron chi connectivity index (χ0n) is 11.8. The molecule has 3 heteroatoms. The molecule has 1 aliphatic rings. The van der Waals surface area contributed by atoms with Crippen LogP contribution in [0.1, 0.15) is 56.0 Å². The summed E-state index contributed by atoms with van der Waals surface area (Å²) in [5.74, 6) is 0.474. The Morgan fingerprint density at radius 1 is 1.16 bits per heavy atom. The average molecular weight is 260 g/mol. The van der Waals surface area contributed by atoms with Crippen LogP contribution in [0.4, 0.5) is 0 Å². The fraction of sp³-hybridized carbons (Fsp3) is 0.500. The van der Waals surface area contributed by atoms with Gasteiger partial charge in [-0.25, -0.2) is 0 Å². The molecule has 0 heterocycles. The largest absolute Gasteiger partial charge is 0.426 e. The second-order valence-electron chi connectivity index (χ2n) is 6.09. The molecule has 0 aliphatic heterocycles. The van der Waals surface area contributed by atoms with Crippen molar-refractivity contribution in [2.45, 2.75) is 46.5 Å². The molecular weight excluding hydrogens is 240 g/mol. The fourth-order valence-corrected chi connectivity index (χ4v) is 2.11. The molecule has 1 aromatic carbocycles. The number of fused-ring (bicyclic) bond motifs is 1. The van der Waals surface area contributed by atoms with E-state index in [-0.39, 0.29) is 11.8 Å². The molecule has 0 atom stereocenters. The minimum absolute atomic E-state index is 0.196. The molecule has 3 nitrogen and oxygen atoms in total. The van der Waals surface area contributed by atoms with E-state index in [1.807, 2.05) is 26.8 Å². The molecule has 0 unspecified atom stereocenters. The van der Waals surface area contributed by atoms with Gasteiger partial charge in [-0.05, 0) is 63.8 Å². The highest BCUT2D eigenvalue weighted by molar-refractivity contribution is 5.98. The highest BCUT2D eigenvalue weighted by atomic mass is 16.5. The van der Waals surface area contributed by atoms with Gasteiger partial charge in [-0.3, -0.25) is 9.59 Å². The molecule has 0 N–H and O–H groups in total. The molecule has 1 aliphatic carbocycles. The van der Waals surface area contributed by atoms with E-state index in [0.29, 0.717) is 12.2 Å². The summed E-state index contributed by atoms with van der Waals surface area (Å²) in [5, 5.41) is 0. The average Bonchev–Trinajstić information content (AvgIpc) is 2.50. The Labute approximate surface area is 114 Å². The van der Waals surface area contributed by atoms with Gasteiger partial charge in [-0.15, -0.1) is 0 Å². The summed E-state index contributed by atoms with van der Waals surface area (Å²) in [6.07, 6.45) is 3.44. The Morgan fingerprint density at radius 2 is 1.84 bits per heavy atom. The molecule has 102 valence electrons. The summed E-state index contributed by atoms with van der Waals surface area (Å²) in [7, 11) is 0. The molecule has 0 fully saturated rings. The van der Waals surface area contributed by atoms with Crippen LogP contribution < -0.4 is 4.74 Å². The van der Waals surface area contributed by atoms with Gasteiger partial charge in [-0.2, -0.15) is 0 Å². The number of carbonyl (C=O) groups excluding carboxylic acids is 2. The van der Waals surface area contributed by atoms with Crippen LogP contribution in [-0.2, 0) is 11.2 Å². The quantitative estimate of drug-likeness (QED) is 0.440. The molecule has 0 aromatic heterocycles. The third-order valence-electron chi connectivity index (χ3n) is 3.30. The van der Waals surface area contributed by atoms with Gasteiger partial charge in [0, 0.05) is 12.0 Å². The lowest BCUT2D eigenvalue weighted by atomic mass is 9.97. The molecule has 1 aromatic rings. The molecule has 19 heavy (non-hydrogen) atoms. The number of ketones is 1.